The van der Waals surface area contributed by atoms with Gasteiger partial charge in [0.2, 0.25) is 0 Å². The minimum atomic E-state index is -0.973. The largest absolute Gasteiger partial charge is 0.481 e. The lowest BCUT2D eigenvalue weighted by Crippen LogP contribution is -2.29. The van der Waals surface area contributed by atoms with Gasteiger partial charge in [0.05, 0.1) is 16.3 Å². The monoisotopic (exact) mass is 375 g/mol. The first-order valence-electron chi connectivity index (χ1n) is 7.73. The lowest BCUT2D eigenvalue weighted by atomic mass is 10.3. The molecular weight excluding hydrogens is 361 g/mol. The van der Waals surface area contributed by atoms with Gasteiger partial charge < -0.3 is 5.11 Å². The van der Waals surface area contributed by atoms with Crippen LogP contribution in [0.2, 0.25) is 0 Å². The summed E-state index contributed by atoms with van der Waals surface area (Å²) >= 11 is 0.795. The van der Waals surface area contributed by atoms with Crippen molar-refractivity contribution in [2.75, 3.05) is 6.54 Å². The van der Waals surface area contributed by atoms with E-state index in [0.29, 0.717) is 11.4 Å². The van der Waals surface area contributed by atoms with E-state index in [1.165, 1.54) is 22.9 Å². The fraction of sp³-hybridized carbons (Fsp3) is 0.176. The second-order valence-electron chi connectivity index (χ2n) is 5.49. The van der Waals surface area contributed by atoms with Crippen molar-refractivity contribution in [2.45, 2.75) is 12.8 Å². The van der Waals surface area contributed by atoms with Crippen LogP contribution in [0.4, 0.5) is 9.18 Å². The molecule has 1 aromatic carbocycles. The molecule has 1 fully saturated rings. The third kappa shape index (κ3) is 3.99. The van der Waals surface area contributed by atoms with Gasteiger partial charge in [0.25, 0.3) is 11.1 Å². The summed E-state index contributed by atoms with van der Waals surface area (Å²) in [5.41, 5.74) is 1.14. The molecule has 0 saturated carbocycles. The third-order valence-electron chi connectivity index (χ3n) is 3.63. The molecule has 9 heteroatoms. The number of carbonyl (C=O) groups excluding carboxylic acids is 2. The van der Waals surface area contributed by atoms with Crippen LogP contribution in [0.25, 0.3) is 11.8 Å². The molecule has 0 atom stereocenters. The van der Waals surface area contributed by atoms with E-state index in [-0.39, 0.29) is 30.1 Å². The number of aromatic nitrogens is 2. The molecule has 1 aliphatic heterocycles. The van der Waals surface area contributed by atoms with Gasteiger partial charge in [0, 0.05) is 19.2 Å². The number of carbonyl (C=O) groups is 3. The van der Waals surface area contributed by atoms with E-state index < -0.39 is 17.1 Å². The van der Waals surface area contributed by atoms with E-state index in [1.54, 1.807) is 24.4 Å². The first kappa shape index (κ1) is 17.9. The molecule has 2 heterocycles. The number of benzene rings is 1. The number of imide groups is 1. The molecule has 1 aromatic heterocycles. The van der Waals surface area contributed by atoms with Crippen molar-refractivity contribution in [3.63, 3.8) is 0 Å². The summed E-state index contributed by atoms with van der Waals surface area (Å²) in [6, 6.07) is 7.45. The second kappa shape index (κ2) is 7.52. The average Bonchev–Trinajstić information content (AvgIpc) is 3.15. The fourth-order valence-electron chi connectivity index (χ4n) is 2.37. The van der Waals surface area contributed by atoms with E-state index in [2.05, 4.69) is 5.10 Å². The number of rotatable bonds is 6. The van der Waals surface area contributed by atoms with Gasteiger partial charge in [-0.2, -0.15) is 5.10 Å². The predicted molar refractivity (Wildman–Crippen MR) is 93.1 cm³/mol. The second-order valence-corrected chi connectivity index (χ2v) is 6.49. The van der Waals surface area contributed by atoms with Gasteiger partial charge >= 0.3 is 5.97 Å². The number of aliphatic carboxylic acids is 1. The van der Waals surface area contributed by atoms with Crippen LogP contribution in [0.15, 0.2) is 41.4 Å². The Labute approximate surface area is 152 Å². The van der Waals surface area contributed by atoms with Crippen LogP contribution >= 0.6 is 11.8 Å². The number of halogens is 1. The van der Waals surface area contributed by atoms with Gasteiger partial charge in [-0.15, -0.1) is 0 Å². The van der Waals surface area contributed by atoms with Crippen molar-refractivity contribution in [2.24, 2.45) is 0 Å². The maximum absolute atomic E-state index is 13.0. The van der Waals surface area contributed by atoms with Gasteiger partial charge in [-0.1, -0.05) is 0 Å². The van der Waals surface area contributed by atoms with E-state index in [4.69, 9.17) is 5.11 Å². The van der Waals surface area contributed by atoms with E-state index in [9.17, 15) is 18.8 Å². The summed E-state index contributed by atoms with van der Waals surface area (Å²) in [7, 11) is 0. The van der Waals surface area contributed by atoms with Crippen molar-refractivity contribution < 1.29 is 23.9 Å². The Balaban J connectivity index is 1.72. The molecule has 1 aliphatic rings. The summed E-state index contributed by atoms with van der Waals surface area (Å²) in [6.07, 6.45) is 3.26. The topological polar surface area (TPSA) is 92.5 Å². The van der Waals surface area contributed by atoms with E-state index >= 15 is 0 Å². The number of hydrogen-bond donors (Lipinski definition) is 1. The molecule has 0 radical (unpaired) electrons. The molecule has 0 bridgehead atoms. The standard InChI is InChI=1S/C17H14FN3O4S/c18-11-3-5-13(6-4-11)21-9-7-12(19-21)10-14-16(24)20(17(25)26-14)8-1-2-15(22)23/h3-7,9-10H,1-2,8H2,(H,22,23)/b14-10-. The maximum Gasteiger partial charge on any atom is 0.303 e. The average molecular weight is 375 g/mol. The summed E-state index contributed by atoms with van der Waals surface area (Å²) in [4.78, 5) is 36.1. The summed E-state index contributed by atoms with van der Waals surface area (Å²) in [5.74, 6) is -1.78. The highest BCUT2D eigenvalue weighted by Gasteiger charge is 2.34. The normalized spacial score (nSPS) is 15.9. The van der Waals surface area contributed by atoms with Crippen molar-refractivity contribution in [1.29, 1.82) is 0 Å². The van der Waals surface area contributed by atoms with Crippen LogP contribution < -0.4 is 0 Å². The Morgan fingerprint density at radius 1 is 1.23 bits per heavy atom. The number of amides is 2. The number of nitrogens with zero attached hydrogens (tertiary/aromatic N) is 3. The molecule has 0 spiro atoms. The Morgan fingerprint density at radius 2 is 1.96 bits per heavy atom. The van der Waals surface area contributed by atoms with Crippen molar-refractivity contribution in [3.05, 3.63) is 52.9 Å². The van der Waals surface area contributed by atoms with Gasteiger partial charge in [-0.25, -0.2) is 9.07 Å². The summed E-state index contributed by atoms with van der Waals surface area (Å²) < 4.78 is 14.5. The minimum absolute atomic E-state index is 0.0678. The Hall–Kier alpha value is -2.94. The number of hydrogen-bond acceptors (Lipinski definition) is 5. The van der Waals surface area contributed by atoms with Crippen LogP contribution in [0.1, 0.15) is 18.5 Å². The van der Waals surface area contributed by atoms with Crippen molar-refractivity contribution >= 4 is 35.0 Å². The first-order chi connectivity index (χ1) is 12.4. The molecule has 1 saturated heterocycles. The highest BCUT2D eigenvalue weighted by atomic mass is 32.2. The zero-order valence-electron chi connectivity index (χ0n) is 13.5. The molecule has 2 amide bonds. The molecule has 2 aromatic rings. The van der Waals surface area contributed by atoms with Gasteiger partial charge in [-0.05, 0) is 54.6 Å². The lowest BCUT2D eigenvalue weighted by molar-refractivity contribution is -0.137. The van der Waals surface area contributed by atoms with Gasteiger partial charge in [0.1, 0.15) is 5.82 Å². The van der Waals surface area contributed by atoms with Crippen LogP contribution in [0.5, 0.6) is 0 Å². The van der Waals surface area contributed by atoms with Gasteiger partial charge in [-0.3, -0.25) is 19.3 Å². The third-order valence-corrected chi connectivity index (χ3v) is 4.53. The van der Waals surface area contributed by atoms with Crippen LogP contribution in [-0.4, -0.2) is 43.4 Å². The lowest BCUT2D eigenvalue weighted by Gasteiger charge is -2.10. The van der Waals surface area contributed by atoms with Gasteiger partial charge in [0.15, 0.2) is 0 Å². The first-order valence-corrected chi connectivity index (χ1v) is 8.54. The highest BCUT2D eigenvalue weighted by Crippen LogP contribution is 2.32. The zero-order chi connectivity index (χ0) is 18.7. The molecule has 0 unspecified atom stereocenters. The molecule has 3 rings (SSSR count). The number of thioether (sulfide) groups is 1. The molecule has 7 nitrogen and oxygen atoms in total. The van der Waals surface area contributed by atoms with Crippen LogP contribution in [-0.2, 0) is 9.59 Å². The Bertz CT molecular complexity index is 892. The summed E-state index contributed by atoms with van der Waals surface area (Å²) in [5, 5.41) is 12.5. The molecule has 0 aliphatic carbocycles. The van der Waals surface area contributed by atoms with Crippen molar-refractivity contribution in [3.8, 4) is 5.69 Å². The van der Waals surface area contributed by atoms with Crippen LogP contribution in [0.3, 0.4) is 0 Å². The zero-order valence-corrected chi connectivity index (χ0v) is 14.3. The highest BCUT2D eigenvalue weighted by molar-refractivity contribution is 8.18. The molecule has 1 N–H and O–H groups in total. The van der Waals surface area contributed by atoms with E-state index in [0.717, 1.165) is 16.7 Å². The summed E-state index contributed by atoms with van der Waals surface area (Å²) in [6.45, 7) is 0.0678. The number of carboxylic acids is 1. The Kier molecular flexibility index (Phi) is 5.17. The minimum Gasteiger partial charge on any atom is -0.481 e. The predicted octanol–water partition coefficient (Wildman–Crippen LogP) is 2.91. The SMILES string of the molecule is O=C(O)CCCN1C(=O)S/C(=C\c2ccn(-c3ccc(F)cc3)n2)C1=O. The molecule has 134 valence electrons. The van der Waals surface area contributed by atoms with Crippen LogP contribution in [0, 0.1) is 5.82 Å². The molecule has 26 heavy (non-hydrogen) atoms. The molecular formula is C17H14FN3O4S. The number of carboxylic acid groups (broad SMARTS) is 1. The van der Waals surface area contributed by atoms with Crippen molar-refractivity contribution in [1.82, 2.24) is 14.7 Å². The Morgan fingerprint density at radius 3 is 2.65 bits per heavy atom. The smallest absolute Gasteiger partial charge is 0.303 e. The quantitative estimate of drug-likeness (QED) is 0.781. The maximum atomic E-state index is 13.0. The fourth-order valence-corrected chi connectivity index (χ4v) is 3.22. The van der Waals surface area contributed by atoms with E-state index in [1.807, 2.05) is 0 Å².